The van der Waals surface area contributed by atoms with Crippen LogP contribution in [0.4, 0.5) is 0 Å². The summed E-state index contributed by atoms with van der Waals surface area (Å²) in [4.78, 5) is 10.5. The van der Waals surface area contributed by atoms with Crippen LogP contribution in [0.25, 0.3) is 0 Å². The van der Waals surface area contributed by atoms with E-state index in [2.05, 4.69) is 26.8 Å². The van der Waals surface area contributed by atoms with E-state index in [0.717, 1.165) is 31.1 Å². The highest BCUT2D eigenvalue weighted by atomic mass is 16.1. The van der Waals surface area contributed by atoms with Crippen LogP contribution in [-0.4, -0.2) is 6.29 Å². The zero-order chi connectivity index (χ0) is 12.4. The van der Waals surface area contributed by atoms with E-state index >= 15 is 0 Å². The fraction of sp³-hybridized carbons (Fsp3) is 0.714. The number of carbonyl (C=O) groups excluding carboxylic acids is 1. The molecule has 16 heavy (non-hydrogen) atoms. The van der Waals surface area contributed by atoms with Gasteiger partial charge in [-0.05, 0) is 24.7 Å². The van der Waals surface area contributed by atoms with Gasteiger partial charge in [0.1, 0.15) is 6.29 Å². The van der Waals surface area contributed by atoms with Crippen molar-refractivity contribution < 1.29 is 4.79 Å². The van der Waals surface area contributed by atoms with E-state index in [1.165, 1.54) is 12.8 Å². The van der Waals surface area contributed by atoms with Crippen LogP contribution in [0, 0.1) is 16.7 Å². The van der Waals surface area contributed by atoms with Gasteiger partial charge < -0.3 is 4.79 Å². The Morgan fingerprint density at radius 2 is 2.00 bits per heavy atom. The van der Waals surface area contributed by atoms with Crippen molar-refractivity contribution in [3.8, 4) is 6.07 Å². The molecule has 0 aromatic rings. The molecule has 2 nitrogen and oxygen atoms in total. The molecule has 0 amide bonds. The third-order valence-electron chi connectivity index (χ3n) is 2.73. The predicted molar refractivity (Wildman–Crippen MR) is 66.9 cm³/mol. The van der Waals surface area contributed by atoms with Crippen molar-refractivity contribution in [2.45, 2.75) is 59.3 Å². The van der Waals surface area contributed by atoms with E-state index in [1.807, 2.05) is 6.08 Å². The number of nitriles is 1. The number of unbranched alkanes of at least 4 members (excludes halogenated alkanes) is 2. The first-order valence-corrected chi connectivity index (χ1v) is 6.08. The molecule has 0 N–H and O–H groups in total. The minimum Gasteiger partial charge on any atom is -0.303 e. The Hall–Kier alpha value is -1.10. The summed E-state index contributed by atoms with van der Waals surface area (Å²) in [5, 5.41) is 8.96. The zero-order valence-electron chi connectivity index (χ0n) is 10.8. The van der Waals surface area contributed by atoms with Gasteiger partial charge in [-0.2, -0.15) is 5.26 Å². The van der Waals surface area contributed by atoms with E-state index in [0.29, 0.717) is 6.42 Å². The smallest absolute Gasteiger partial charge is 0.120 e. The number of hydrogen-bond acceptors (Lipinski definition) is 2. The molecule has 0 atom stereocenters. The molecule has 0 unspecified atom stereocenters. The molecule has 0 heterocycles. The molecule has 0 fully saturated rings. The minimum atomic E-state index is -0.0192. The maximum absolute atomic E-state index is 10.5. The van der Waals surface area contributed by atoms with Gasteiger partial charge in [0.25, 0.3) is 0 Å². The average molecular weight is 221 g/mol. The van der Waals surface area contributed by atoms with Gasteiger partial charge in [0.05, 0.1) is 6.07 Å². The summed E-state index contributed by atoms with van der Waals surface area (Å²) in [5.41, 5.74) is 0.849. The number of hydrogen-bond donors (Lipinski definition) is 0. The largest absolute Gasteiger partial charge is 0.303 e. The fourth-order valence-electron chi connectivity index (χ4n) is 1.48. The summed E-state index contributed by atoms with van der Waals surface area (Å²) in [6.07, 6.45) is 8.63. The van der Waals surface area contributed by atoms with E-state index in [9.17, 15) is 4.79 Å². The second-order valence-corrected chi connectivity index (χ2v) is 5.04. The Morgan fingerprint density at radius 3 is 2.50 bits per heavy atom. The van der Waals surface area contributed by atoms with E-state index in [4.69, 9.17) is 5.26 Å². The Kier molecular flexibility index (Phi) is 7.54. The lowest BCUT2D eigenvalue weighted by Gasteiger charge is -2.19. The van der Waals surface area contributed by atoms with Gasteiger partial charge in [0.2, 0.25) is 0 Å². The topological polar surface area (TPSA) is 40.9 Å². The van der Waals surface area contributed by atoms with Crippen LogP contribution in [0.15, 0.2) is 11.6 Å². The van der Waals surface area contributed by atoms with Crippen LogP contribution in [0.1, 0.15) is 59.3 Å². The van der Waals surface area contributed by atoms with Crippen molar-refractivity contribution in [2.75, 3.05) is 0 Å². The SMILES string of the molecule is CCCCCC(C#N)=CCC(C)(C)CC=O. The second-order valence-electron chi connectivity index (χ2n) is 5.04. The van der Waals surface area contributed by atoms with Crippen LogP contribution < -0.4 is 0 Å². The lowest BCUT2D eigenvalue weighted by molar-refractivity contribution is -0.109. The van der Waals surface area contributed by atoms with Gasteiger partial charge >= 0.3 is 0 Å². The first kappa shape index (κ1) is 14.9. The van der Waals surface area contributed by atoms with Crippen molar-refractivity contribution in [3.05, 3.63) is 11.6 Å². The van der Waals surface area contributed by atoms with Crippen LogP contribution in [0.2, 0.25) is 0 Å². The van der Waals surface area contributed by atoms with Crippen molar-refractivity contribution in [3.63, 3.8) is 0 Å². The van der Waals surface area contributed by atoms with E-state index in [1.54, 1.807) is 0 Å². The molecule has 0 spiro atoms. The highest BCUT2D eigenvalue weighted by Gasteiger charge is 2.15. The summed E-state index contributed by atoms with van der Waals surface area (Å²) in [5.74, 6) is 0. The summed E-state index contributed by atoms with van der Waals surface area (Å²) < 4.78 is 0. The molecule has 0 aliphatic heterocycles. The number of allylic oxidation sites excluding steroid dienone is 2. The van der Waals surface area contributed by atoms with Gasteiger partial charge in [0, 0.05) is 12.0 Å². The molecule has 0 aliphatic rings. The van der Waals surface area contributed by atoms with Crippen molar-refractivity contribution in [1.29, 1.82) is 5.26 Å². The lowest BCUT2D eigenvalue weighted by atomic mass is 9.85. The van der Waals surface area contributed by atoms with Gasteiger partial charge in [-0.25, -0.2) is 0 Å². The molecule has 0 aliphatic carbocycles. The molecule has 0 aromatic heterocycles. The minimum absolute atomic E-state index is 0.0192. The van der Waals surface area contributed by atoms with Crippen molar-refractivity contribution in [1.82, 2.24) is 0 Å². The quantitative estimate of drug-likeness (QED) is 0.353. The first-order chi connectivity index (χ1) is 7.55. The van der Waals surface area contributed by atoms with Crippen molar-refractivity contribution in [2.24, 2.45) is 5.41 Å². The summed E-state index contributed by atoms with van der Waals surface area (Å²) in [6, 6.07) is 2.25. The third-order valence-corrected chi connectivity index (χ3v) is 2.73. The van der Waals surface area contributed by atoms with Gasteiger partial charge in [-0.3, -0.25) is 0 Å². The highest BCUT2D eigenvalue weighted by Crippen LogP contribution is 2.25. The Bertz CT molecular complexity index is 271. The van der Waals surface area contributed by atoms with Gasteiger partial charge in [0.15, 0.2) is 0 Å². The molecule has 0 saturated heterocycles. The fourth-order valence-corrected chi connectivity index (χ4v) is 1.48. The second kappa shape index (κ2) is 8.10. The van der Waals surface area contributed by atoms with Crippen LogP contribution in [-0.2, 0) is 4.79 Å². The standard InChI is InChI=1S/C14H23NO/c1-4-5-6-7-13(12-15)8-9-14(2,3)10-11-16/h8,11H,4-7,9-10H2,1-3H3. The average Bonchev–Trinajstić information content (AvgIpc) is 2.23. The molecule has 0 rings (SSSR count). The molecule has 90 valence electrons. The third kappa shape index (κ3) is 7.23. The monoisotopic (exact) mass is 221 g/mol. The van der Waals surface area contributed by atoms with Gasteiger partial charge in [-0.1, -0.05) is 39.7 Å². The van der Waals surface area contributed by atoms with Crippen molar-refractivity contribution >= 4 is 6.29 Å². The summed E-state index contributed by atoms with van der Waals surface area (Å²) in [6.45, 7) is 6.26. The molecule has 0 saturated carbocycles. The van der Waals surface area contributed by atoms with E-state index < -0.39 is 0 Å². The Morgan fingerprint density at radius 1 is 1.31 bits per heavy atom. The normalized spacial score (nSPS) is 12.2. The summed E-state index contributed by atoms with van der Waals surface area (Å²) in [7, 11) is 0. The maximum atomic E-state index is 10.5. The number of nitrogens with zero attached hydrogens (tertiary/aromatic N) is 1. The maximum Gasteiger partial charge on any atom is 0.120 e. The first-order valence-electron chi connectivity index (χ1n) is 6.08. The van der Waals surface area contributed by atoms with Gasteiger partial charge in [-0.15, -0.1) is 0 Å². The lowest BCUT2D eigenvalue weighted by Crippen LogP contribution is -2.10. The molecule has 0 radical (unpaired) electrons. The molecular weight excluding hydrogens is 198 g/mol. The van der Waals surface area contributed by atoms with E-state index in [-0.39, 0.29) is 5.41 Å². The Labute approximate surface area is 99.3 Å². The summed E-state index contributed by atoms with van der Waals surface area (Å²) >= 11 is 0. The number of aldehydes is 1. The Balaban J connectivity index is 4.16. The van der Waals surface area contributed by atoms with Crippen LogP contribution in [0.3, 0.4) is 0 Å². The molecule has 0 bridgehead atoms. The number of carbonyl (C=O) groups is 1. The number of rotatable bonds is 8. The molecular formula is C14H23NO. The zero-order valence-corrected chi connectivity index (χ0v) is 10.8. The molecule has 0 aromatic carbocycles. The van der Waals surface area contributed by atoms with Crippen LogP contribution in [0.5, 0.6) is 0 Å². The van der Waals surface area contributed by atoms with Crippen LogP contribution >= 0.6 is 0 Å². The highest BCUT2D eigenvalue weighted by molar-refractivity contribution is 5.50. The molecule has 2 heteroatoms. The predicted octanol–water partition coefficient (Wildman–Crippen LogP) is 4.02.